The lowest BCUT2D eigenvalue weighted by atomic mass is 10.1. The Morgan fingerprint density at radius 3 is 2.54 bits per heavy atom. The molecule has 2 amide bonds. The third kappa shape index (κ3) is 5.50. The lowest BCUT2D eigenvalue weighted by Crippen LogP contribution is -2.29. The Balaban J connectivity index is 1.41. The maximum absolute atomic E-state index is 12.0. The molecule has 0 fully saturated rings. The van der Waals surface area contributed by atoms with Gasteiger partial charge in [0, 0.05) is 40.8 Å². The molecule has 0 bridgehead atoms. The second-order valence-electron chi connectivity index (χ2n) is 6.16. The van der Waals surface area contributed by atoms with Crippen LogP contribution < -0.4 is 10.6 Å². The highest BCUT2D eigenvalue weighted by atomic mass is 79.9. The van der Waals surface area contributed by atoms with Gasteiger partial charge in [-0.15, -0.1) is 0 Å². The van der Waals surface area contributed by atoms with Crippen molar-refractivity contribution in [3.8, 4) is 0 Å². The molecule has 28 heavy (non-hydrogen) atoms. The number of hydrogen-bond donors (Lipinski definition) is 2. The number of benzene rings is 2. The summed E-state index contributed by atoms with van der Waals surface area (Å²) < 4.78 is 0.930. The van der Waals surface area contributed by atoms with Crippen LogP contribution >= 0.6 is 15.9 Å². The molecule has 0 unspecified atom stereocenters. The molecule has 3 aromatic rings. The number of rotatable bonds is 7. The van der Waals surface area contributed by atoms with E-state index in [1.54, 1.807) is 24.4 Å². The smallest absolute Gasteiger partial charge is 0.251 e. The fourth-order valence-corrected chi connectivity index (χ4v) is 2.96. The molecular formula is C22H20BrN3O2. The minimum Gasteiger partial charge on any atom is -0.352 e. The number of halogens is 1. The molecule has 1 heterocycles. The average molecular weight is 438 g/mol. The molecule has 0 aliphatic heterocycles. The molecule has 0 radical (unpaired) electrons. The Labute approximate surface area is 172 Å². The van der Waals surface area contributed by atoms with E-state index in [9.17, 15) is 9.59 Å². The normalized spacial score (nSPS) is 10.9. The van der Waals surface area contributed by atoms with Gasteiger partial charge in [-0.3, -0.25) is 14.6 Å². The van der Waals surface area contributed by atoms with Crippen LogP contribution in [0.5, 0.6) is 0 Å². The van der Waals surface area contributed by atoms with Gasteiger partial charge < -0.3 is 10.6 Å². The van der Waals surface area contributed by atoms with Gasteiger partial charge in [0.05, 0.1) is 5.52 Å². The highest BCUT2D eigenvalue weighted by molar-refractivity contribution is 9.10. The Morgan fingerprint density at radius 1 is 0.964 bits per heavy atom. The van der Waals surface area contributed by atoms with Gasteiger partial charge in [-0.2, -0.15) is 0 Å². The van der Waals surface area contributed by atoms with E-state index in [1.807, 2.05) is 42.5 Å². The quantitative estimate of drug-likeness (QED) is 0.434. The van der Waals surface area contributed by atoms with Crippen LogP contribution in [-0.4, -0.2) is 29.9 Å². The lowest BCUT2D eigenvalue weighted by molar-refractivity contribution is -0.116. The molecule has 5 nitrogen and oxygen atoms in total. The summed E-state index contributed by atoms with van der Waals surface area (Å²) in [6.07, 6.45) is 5.69. The van der Waals surface area contributed by atoms with Crippen LogP contribution in [0.25, 0.3) is 17.0 Å². The first-order valence-corrected chi connectivity index (χ1v) is 9.76. The SMILES string of the molecule is O=C(/C=C/c1ccnc2ccccc12)NCCCNC(=O)c1ccc(Br)cc1. The number of para-hydroxylation sites is 1. The minimum absolute atomic E-state index is 0.122. The Bertz CT molecular complexity index is 995. The molecule has 1 aromatic heterocycles. The van der Waals surface area contributed by atoms with Crippen LogP contribution in [0.4, 0.5) is 0 Å². The van der Waals surface area contributed by atoms with E-state index in [0.29, 0.717) is 25.1 Å². The Hall–Kier alpha value is -2.99. The number of nitrogens with zero attached hydrogens (tertiary/aromatic N) is 1. The van der Waals surface area contributed by atoms with Crippen LogP contribution in [0.3, 0.4) is 0 Å². The zero-order chi connectivity index (χ0) is 19.8. The van der Waals surface area contributed by atoms with Crippen molar-refractivity contribution in [2.24, 2.45) is 0 Å². The van der Waals surface area contributed by atoms with Crippen molar-refractivity contribution in [2.45, 2.75) is 6.42 Å². The number of carbonyl (C=O) groups is 2. The van der Waals surface area contributed by atoms with Gasteiger partial charge in [-0.1, -0.05) is 34.1 Å². The van der Waals surface area contributed by atoms with Gasteiger partial charge >= 0.3 is 0 Å². The van der Waals surface area contributed by atoms with Gasteiger partial charge in [0.2, 0.25) is 5.91 Å². The maximum Gasteiger partial charge on any atom is 0.251 e. The van der Waals surface area contributed by atoms with Gasteiger partial charge in [0.1, 0.15) is 0 Å². The topological polar surface area (TPSA) is 71.1 Å². The number of amides is 2. The molecule has 0 saturated heterocycles. The van der Waals surface area contributed by atoms with E-state index in [1.165, 1.54) is 6.08 Å². The first-order valence-electron chi connectivity index (χ1n) is 8.97. The molecule has 3 rings (SSSR count). The molecule has 0 aliphatic rings. The van der Waals surface area contributed by atoms with E-state index < -0.39 is 0 Å². The van der Waals surface area contributed by atoms with Crippen molar-refractivity contribution >= 4 is 44.7 Å². The fraction of sp³-hybridized carbons (Fsp3) is 0.136. The number of aromatic nitrogens is 1. The van der Waals surface area contributed by atoms with Gasteiger partial charge in [0.25, 0.3) is 5.91 Å². The predicted molar refractivity (Wildman–Crippen MR) is 115 cm³/mol. The van der Waals surface area contributed by atoms with Crippen molar-refractivity contribution in [1.82, 2.24) is 15.6 Å². The highest BCUT2D eigenvalue weighted by Crippen LogP contribution is 2.17. The molecule has 0 atom stereocenters. The Morgan fingerprint density at radius 2 is 1.71 bits per heavy atom. The molecule has 142 valence electrons. The van der Waals surface area contributed by atoms with Crippen LogP contribution in [0, 0.1) is 0 Å². The van der Waals surface area contributed by atoms with E-state index in [0.717, 1.165) is 20.9 Å². The zero-order valence-electron chi connectivity index (χ0n) is 15.2. The fourth-order valence-electron chi connectivity index (χ4n) is 2.69. The second-order valence-corrected chi connectivity index (χ2v) is 7.07. The third-order valence-electron chi connectivity index (χ3n) is 4.14. The minimum atomic E-state index is -0.167. The van der Waals surface area contributed by atoms with Crippen LogP contribution in [0.2, 0.25) is 0 Å². The van der Waals surface area contributed by atoms with Gasteiger partial charge in [0.15, 0.2) is 0 Å². The van der Waals surface area contributed by atoms with Gasteiger partial charge in [-0.25, -0.2) is 0 Å². The molecule has 2 N–H and O–H groups in total. The number of pyridine rings is 1. The molecular weight excluding hydrogens is 418 g/mol. The van der Waals surface area contributed by atoms with Crippen molar-refractivity contribution < 1.29 is 9.59 Å². The summed E-state index contributed by atoms with van der Waals surface area (Å²) in [5, 5.41) is 6.67. The van der Waals surface area contributed by atoms with Crippen molar-refractivity contribution in [2.75, 3.05) is 13.1 Å². The van der Waals surface area contributed by atoms with Crippen molar-refractivity contribution in [3.05, 3.63) is 82.5 Å². The maximum atomic E-state index is 12.0. The van der Waals surface area contributed by atoms with E-state index in [4.69, 9.17) is 0 Å². The number of nitrogens with one attached hydrogen (secondary N) is 2. The highest BCUT2D eigenvalue weighted by Gasteiger charge is 2.04. The van der Waals surface area contributed by atoms with Crippen LogP contribution in [0.1, 0.15) is 22.3 Å². The third-order valence-corrected chi connectivity index (χ3v) is 4.67. The largest absolute Gasteiger partial charge is 0.352 e. The number of hydrogen-bond acceptors (Lipinski definition) is 3. The molecule has 0 aliphatic carbocycles. The standard InChI is InChI=1S/C22H20BrN3O2/c23-18-9-6-17(7-10-18)22(28)26-14-3-13-25-21(27)11-8-16-12-15-24-20-5-2-1-4-19(16)20/h1-2,4-12,15H,3,13-14H2,(H,25,27)(H,26,28)/b11-8+. The van der Waals surface area contributed by atoms with Gasteiger partial charge in [-0.05, 0) is 54.5 Å². The van der Waals surface area contributed by atoms with E-state index in [2.05, 4.69) is 31.5 Å². The van der Waals surface area contributed by atoms with Crippen molar-refractivity contribution in [3.63, 3.8) is 0 Å². The summed E-state index contributed by atoms with van der Waals surface area (Å²) in [7, 11) is 0. The predicted octanol–water partition coefficient (Wildman–Crippen LogP) is 3.95. The molecule has 0 spiro atoms. The summed E-state index contributed by atoms with van der Waals surface area (Å²) >= 11 is 3.34. The monoisotopic (exact) mass is 437 g/mol. The molecule has 2 aromatic carbocycles. The van der Waals surface area contributed by atoms with E-state index in [-0.39, 0.29) is 11.8 Å². The summed E-state index contributed by atoms with van der Waals surface area (Å²) in [6.45, 7) is 0.981. The Kier molecular flexibility index (Phi) is 6.92. The second kappa shape index (κ2) is 9.80. The summed E-state index contributed by atoms with van der Waals surface area (Å²) in [4.78, 5) is 28.3. The average Bonchev–Trinajstić information content (AvgIpc) is 2.72. The summed E-state index contributed by atoms with van der Waals surface area (Å²) in [5.41, 5.74) is 2.45. The molecule has 0 saturated carbocycles. The number of fused-ring (bicyclic) bond motifs is 1. The summed E-state index contributed by atoms with van der Waals surface area (Å²) in [6, 6.07) is 16.9. The first-order chi connectivity index (χ1) is 13.6. The van der Waals surface area contributed by atoms with Crippen molar-refractivity contribution in [1.29, 1.82) is 0 Å². The van der Waals surface area contributed by atoms with E-state index >= 15 is 0 Å². The molecule has 6 heteroatoms. The first kappa shape index (κ1) is 19.8. The van der Waals surface area contributed by atoms with Crippen LogP contribution in [0.15, 0.2) is 71.3 Å². The van der Waals surface area contributed by atoms with Crippen LogP contribution in [-0.2, 0) is 4.79 Å². The zero-order valence-corrected chi connectivity index (χ0v) is 16.8. The number of carbonyl (C=O) groups excluding carboxylic acids is 2. The lowest BCUT2D eigenvalue weighted by Gasteiger charge is -2.06. The summed E-state index contributed by atoms with van der Waals surface area (Å²) in [5.74, 6) is -0.289.